The summed E-state index contributed by atoms with van der Waals surface area (Å²) in [6.07, 6.45) is 0. The fourth-order valence-corrected chi connectivity index (χ4v) is 1.94. The summed E-state index contributed by atoms with van der Waals surface area (Å²) in [4.78, 5) is 13.5. The fraction of sp³-hybridized carbons (Fsp3) is 0.385. The Morgan fingerprint density at radius 3 is 2.74 bits per heavy atom. The SMILES string of the molecule is CCN(CC(=O)NC)Cc1cc(F)ccc1C(N)=S. The molecular weight excluding hydrogens is 265 g/mol. The van der Waals surface area contributed by atoms with Crippen molar-refractivity contribution < 1.29 is 9.18 Å². The number of likely N-dealkylation sites (N-methyl/N-ethyl adjacent to an activating group) is 2. The van der Waals surface area contributed by atoms with Crippen LogP contribution in [0.15, 0.2) is 18.2 Å². The van der Waals surface area contributed by atoms with Crippen LogP contribution in [0, 0.1) is 5.82 Å². The van der Waals surface area contributed by atoms with Crippen molar-refractivity contribution in [2.24, 2.45) is 5.73 Å². The van der Waals surface area contributed by atoms with Gasteiger partial charge >= 0.3 is 0 Å². The average Bonchev–Trinajstić information content (AvgIpc) is 2.37. The summed E-state index contributed by atoms with van der Waals surface area (Å²) in [5, 5.41) is 2.56. The van der Waals surface area contributed by atoms with Crippen LogP contribution in [0.1, 0.15) is 18.1 Å². The molecule has 0 saturated carbocycles. The average molecular weight is 283 g/mol. The summed E-state index contributed by atoms with van der Waals surface area (Å²) in [7, 11) is 1.58. The van der Waals surface area contributed by atoms with Gasteiger partial charge in [0.05, 0.1) is 6.54 Å². The minimum absolute atomic E-state index is 0.0878. The molecule has 0 spiro atoms. The van der Waals surface area contributed by atoms with E-state index in [1.165, 1.54) is 12.1 Å². The smallest absolute Gasteiger partial charge is 0.233 e. The summed E-state index contributed by atoms with van der Waals surface area (Å²) in [6, 6.07) is 4.30. The maximum Gasteiger partial charge on any atom is 0.233 e. The Bertz CT molecular complexity index is 479. The minimum Gasteiger partial charge on any atom is -0.389 e. The van der Waals surface area contributed by atoms with Crippen molar-refractivity contribution in [2.45, 2.75) is 13.5 Å². The summed E-state index contributed by atoms with van der Waals surface area (Å²) < 4.78 is 13.3. The van der Waals surface area contributed by atoms with E-state index in [9.17, 15) is 9.18 Å². The van der Waals surface area contributed by atoms with E-state index >= 15 is 0 Å². The Morgan fingerprint density at radius 1 is 1.53 bits per heavy atom. The van der Waals surface area contributed by atoms with Gasteiger partial charge in [-0.05, 0) is 30.3 Å². The first-order valence-electron chi connectivity index (χ1n) is 5.99. The lowest BCUT2D eigenvalue weighted by atomic mass is 10.1. The lowest BCUT2D eigenvalue weighted by Gasteiger charge is -2.21. The van der Waals surface area contributed by atoms with Gasteiger partial charge in [-0.3, -0.25) is 9.69 Å². The second-order valence-corrected chi connectivity index (χ2v) is 4.58. The predicted molar refractivity (Wildman–Crippen MR) is 77.3 cm³/mol. The number of benzene rings is 1. The molecule has 6 heteroatoms. The third-order valence-corrected chi connectivity index (χ3v) is 3.04. The molecule has 1 aromatic rings. The summed E-state index contributed by atoms with van der Waals surface area (Å²) in [6.45, 7) is 3.28. The Kier molecular flexibility index (Phi) is 5.85. The van der Waals surface area contributed by atoms with Crippen molar-refractivity contribution in [2.75, 3.05) is 20.1 Å². The Labute approximate surface area is 117 Å². The standard InChI is InChI=1S/C13H18FN3OS/c1-3-17(8-12(18)16-2)7-9-6-10(14)4-5-11(9)13(15)19/h4-6H,3,7-8H2,1-2H3,(H2,15,19)(H,16,18). The monoisotopic (exact) mass is 283 g/mol. The molecule has 0 aliphatic rings. The van der Waals surface area contributed by atoms with E-state index in [2.05, 4.69) is 5.32 Å². The quantitative estimate of drug-likeness (QED) is 0.766. The molecule has 0 saturated heterocycles. The Hall–Kier alpha value is -1.53. The molecule has 0 atom stereocenters. The first kappa shape index (κ1) is 15.5. The van der Waals surface area contributed by atoms with Crippen molar-refractivity contribution in [1.82, 2.24) is 10.2 Å². The van der Waals surface area contributed by atoms with E-state index in [0.29, 0.717) is 24.2 Å². The second-order valence-electron chi connectivity index (χ2n) is 4.14. The van der Waals surface area contributed by atoms with Gasteiger partial charge in [-0.1, -0.05) is 19.1 Å². The molecule has 4 nitrogen and oxygen atoms in total. The maximum absolute atomic E-state index is 13.3. The van der Waals surface area contributed by atoms with Crippen LogP contribution in [0.5, 0.6) is 0 Å². The zero-order valence-corrected chi connectivity index (χ0v) is 11.9. The molecule has 0 bridgehead atoms. The van der Waals surface area contributed by atoms with Crippen LogP contribution in [0.25, 0.3) is 0 Å². The summed E-state index contributed by atoms with van der Waals surface area (Å²) >= 11 is 4.95. The summed E-state index contributed by atoms with van der Waals surface area (Å²) in [5.41, 5.74) is 6.96. The predicted octanol–water partition coefficient (Wildman–Crippen LogP) is 1.03. The van der Waals surface area contributed by atoms with E-state index in [1.54, 1.807) is 13.1 Å². The molecule has 0 aliphatic carbocycles. The Balaban J connectivity index is 2.92. The third kappa shape index (κ3) is 4.57. The molecule has 1 rings (SSSR count). The topological polar surface area (TPSA) is 58.4 Å². The zero-order valence-electron chi connectivity index (χ0n) is 11.1. The number of hydrogen-bond acceptors (Lipinski definition) is 3. The van der Waals surface area contributed by atoms with Crippen molar-refractivity contribution in [3.8, 4) is 0 Å². The first-order valence-corrected chi connectivity index (χ1v) is 6.40. The number of carbonyl (C=O) groups excluding carboxylic acids is 1. The maximum atomic E-state index is 13.3. The van der Waals surface area contributed by atoms with E-state index in [0.717, 1.165) is 0 Å². The number of rotatable bonds is 6. The highest BCUT2D eigenvalue weighted by Crippen LogP contribution is 2.14. The molecule has 3 N–H and O–H groups in total. The number of hydrogen-bond donors (Lipinski definition) is 2. The molecule has 0 aliphatic heterocycles. The van der Waals surface area contributed by atoms with Crippen LogP contribution in [0.2, 0.25) is 0 Å². The lowest BCUT2D eigenvalue weighted by molar-refractivity contribution is -0.121. The molecule has 0 radical (unpaired) electrons. The van der Waals surface area contributed by atoms with Gasteiger partial charge in [-0.25, -0.2) is 4.39 Å². The van der Waals surface area contributed by atoms with Crippen LogP contribution in [-0.2, 0) is 11.3 Å². The van der Waals surface area contributed by atoms with Crippen molar-refractivity contribution >= 4 is 23.1 Å². The fourth-order valence-electron chi connectivity index (χ4n) is 1.74. The molecule has 0 aromatic heterocycles. The molecular formula is C13H18FN3OS. The molecule has 0 heterocycles. The first-order chi connectivity index (χ1) is 8.97. The van der Waals surface area contributed by atoms with Crippen LogP contribution < -0.4 is 11.1 Å². The number of nitrogens with two attached hydrogens (primary N) is 1. The van der Waals surface area contributed by atoms with Crippen LogP contribution in [0.4, 0.5) is 4.39 Å². The molecule has 104 valence electrons. The minimum atomic E-state index is -0.342. The highest BCUT2D eigenvalue weighted by atomic mass is 32.1. The van der Waals surface area contributed by atoms with E-state index < -0.39 is 0 Å². The highest BCUT2D eigenvalue weighted by molar-refractivity contribution is 7.80. The molecule has 1 aromatic carbocycles. The van der Waals surface area contributed by atoms with Gasteiger partial charge in [0.2, 0.25) is 5.91 Å². The normalized spacial score (nSPS) is 10.5. The molecule has 0 unspecified atom stereocenters. The summed E-state index contributed by atoms with van der Waals surface area (Å²) in [5.74, 6) is -0.430. The van der Waals surface area contributed by atoms with E-state index in [-0.39, 0.29) is 23.3 Å². The molecule has 0 fully saturated rings. The highest BCUT2D eigenvalue weighted by Gasteiger charge is 2.13. The molecule has 1 amide bonds. The van der Waals surface area contributed by atoms with Gasteiger partial charge < -0.3 is 11.1 Å². The van der Waals surface area contributed by atoms with Gasteiger partial charge in [-0.15, -0.1) is 0 Å². The Morgan fingerprint density at radius 2 is 2.21 bits per heavy atom. The van der Waals surface area contributed by atoms with Gasteiger partial charge in [0, 0.05) is 19.2 Å². The number of amides is 1. The zero-order chi connectivity index (χ0) is 14.4. The van der Waals surface area contributed by atoms with Gasteiger partial charge in [0.15, 0.2) is 0 Å². The van der Waals surface area contributed by atoms with Gasteiger partial charge in [0.1, 0.15) is 10.8 Å². The van der Waals surface area contributed by atoms with Crippen molar-refractivity contribution in [1.29, 1.82) is 0 Å². The van der Waals surface area contributed by atoms with E-state index in [1.807, 2.05) is 11.8 Å². The number of carbonyl (C=O) groups is 1. The molecule has 19 heavy (non-hydrogen) atoms. The van der Waals surface area contributed by atoms with Gasteiger partial charge in [-0.2, -0.15) is 0 Å². The number of thiocarbonyl (C=S) groups is 1. The van der Waals surface area contributed by atoms with Crippen molar-refractivity contribution in [3.63, 3.8) is 0 Å². The largest absolute Gasteiger partial charge is 0.389 e. The van der Waals surface area contributed by atoms with E-state index in [4.69, 9.17) is 18.0 Å². The van der Waals surface area contributed by atoms with Gasteiger partial charge in [0.25, 0.3) is 0 Å². The van der Waals surface area contributed by atoms with Crippen LogP contribution in [0.3, 0.4) is 0 Å². The number of halogens is 1. The number of nitrogens with zero attached hydrogens (tertiary/aromatic N) is 1. The van der Waals surface area contributed by atoms with Crippen molar-refractivity contribution in [3.05, 3.63) is 35.1 Å². The van der Waals surface area contributed by atoms with Crippen LogP contribution >= 0.6 is 12.2 Å². The lowest BCUT2D eigenvalue weighted by Crippen LogP contribution is -2.35. The third-order valence-electron chi connectivity index (χ3n) is 2.82. The second kappa shape index (κ2) is 7.16. The van der Waals surface area contributed by atoms with Crippen LogP contribution in [-0.4, -0.2) is 35.9 Å². The number of nitrogens with one attached hydrogen (secondary N) is 1.